The Kier molecular flexibility index (Phi) is 5.41. The van der Waals surface area contributed by atoms with Crippen molar-refractivity contribution in [2.75, 3.05) is 38.0 Å². The number of carbonyl (C=O) groups excluding carboxylic acids is 2. The summed E-state index contributed by atoms with van der Waals surface area (Å²) in [5.74, 6) is 0.763. The molecule has 0 bridgehead atoms. The van der Waals surface area contributed by atoms with Crippen LogP contribution in [0.3, 0.4) is 0 Å². The topological polar surface area (TPSA) is 78.7 Å². The molecule has 1 atom stereocenters. The second-order valence-corrected chi connectivity index (χ2v) is 9.71. The third-order valence-corrected chi connectivity index (χ3v) is 7.16. The predicted octanol–water partition coefficient (Wildman–Crippen LogP) is 3.12. The molecule has 32 heavy (non-hydrogen) atoms. The van der Waals surface area contributed by atoms with E-state index in [0.717, 1.165) is 36.9 Å². The standard InChI is InChI=1S/C26H32N4O2/c1-18-8-11-28-23-17-21(6-7-22(23)16-18)19-2-4-20(5-3-19)24(31)29-12-14-30(15-13-29)25(32)26(27)9-10-26/h2-7,17-18,28H,8-16,27H2,1H3. The van der Waals surface area contributed by atoms with E-state index in [1.807, 2.05) is 34.1 Å². The van der Waals surface area contributed by atoms with Gasteiger partial charge in [0, 0.05) is 44.0 Å². The molecular formula is C26H32N4O2. The maximum Gasteiger partial charge on any atom is 0.253 e. The third-order valence-electron chi connectivity index (χ3n) is 7.16. The van der Waals surface area contributed by atoms with E-state index < -0.39 is 5.54 Å². The van der Waals surface area contributed by atoms with Gasteiger partial charge in [-0.15, -0.1) is 0 Å². The Bertz CT molecular complexity index is 1020. The van der Waals surface area contributed by atoms with Crippen LogP contribution in [0.2, 0.25) is 0 Å². The van der Waals surface area contributed by atoms with Gasteiger partial charge in [-0.1, -0.05) is 31.2 Å². The van der Waals surface area contributed by atoms with Gasteiger partial charge in [0.25, 0.3) is 5.91 Å². The van der Waals surface area contributed by atoms with E-state index >= 15 is 0 Å². The largest absolute Gasteiger partial charge is 0.385 e. The van der Waals surface area contributed by atoms with Crippen LogP contribution >= 0.6 is 0 Å². The molecule has 2 aliphatic heterocycles. The van der Waals surface area contributed by atoms with Gasteiger partial charge < -0.3 is 20.9 Å². The molecule has 1 saturated heterocycles. The molecule has 2 aromatic carbocycles. The Morgan fingerprint density at radius 3 is 2.31 bits per heavy atom. The quantitative estimate of drug-likeness (QED) is 0.781. The van der Waals surface area contributed by atoms with E-state index in [4.69, 9.17) is 5.73 Å². The zero-order chi connectivity index (χ0) is 22.3. The Balaban J connectivity index is 1.24. The van der Waals surface area contributed by atoms with Crippen molar-refractivity contribution in [1.82, 2.24) is 9.80 Å². The van der Waals surface area contributed by atoms with Crippen LogP contribution in [-0.2, 0) is 11.2 Å². The van der Waals surface area contributed by atoms with Gasteiger partial charge in [0.05, 0.1) is 5.54 Å². The fraction of sp³-hybridized carbons (Fsp3) is 0.462. The summed E-state index contributed by atoms with van der Waals surface area (Å²) in [4.78, 5) is 29.0. The highest BCUT2D eigenvalue weighted by molar-refractivity contribution is 5.95. The lowest BCUT2D eigenvalue weighted by Crippen LogP contribution is -2.55. The molecular weight excluding hydrogens is 400 g/mol. The van der Waals surface area contributed by atoms with E-state index in [1.54, 1.807) is 0 Å². The minimum Gasteiger partial charge on any atom is -0.385 e. The highest BCUT2D eigenvalue weighted by Crippen LogP contribution is 2.34. The summed E-state index contributed by atoms with van der Waals surface area (Å²) in [7, 11) is 0. The van der Waals surface area contributed by atoms with Crippen molar-refractivity contribution in [3.8, 4) is 11.1 Å². The summed E-state index contributed by atoms with van der Waals surface area (Å²) in [6.45, 7) is 5.54. The highest BCUT2D eigenvalue weighted by atomic mass is 16.2. The zero-order valence-corrected chi connectivity index (χ0v) is 18.8. The van der Waals surface area contributed by atoms with Crippen molar-refractivity contribution in [1.29, 1.82) is 0 Å². The number of nitrogens with one attached hydrogen (secondary N) is 1. The monoisotopic (exact) mass is 432 g/mol. The van der Waals surface area contributed by atoms with Crippen LogP contribution in [0.1, 0.15) is 42.1 Å². The Labute approximate surface area is 189 Å². The average Bonchev–Trinajstić information content (AvgIpc) is 3.60. The van der Waals surface area contributed by atoms with E-state index in [0.29, 0.717) is 37.7 Å². The molecule has 6 nitrogen and oxygen atoms in total. The molecule has 168 valence electrons. The molecule has 2 aromatic rings. The summed E-state index contributed by atoms with van der Waals surface area (Å²) in [6, 6.07) is 14.5. The highest BCUT2D eigenvalue weighted by Gasteiger charge is 2.48. The first-order valence-electron chi connectivity index (χ1n) is 11.8. The van der Waals surface area contributed by atoms with Gasteiger partial charge in [0.15, 0.2) is 0 Å². The first-order valence-corrected chi connectivity index (χ1v) is 11.8. The lowest BCUT2D eigenvalue weighted by atomic mass is 9.96. The number of piperazine rings is 1. The van der Waals surface area contributed by atoms with Crippen LogP contribution in [-0.4, -0.2) is 59.9 Å². The molecule has 3 aliphatic rings. The number of fused-ring (bicyclic) bond motifs is 1. The number of hydrogen-bond donors (Lipinski definition) is 2. The number of nitrogens with zero attached hydrogens (tertiary/aromatic N) is 2. The lowest BCUT2D eigenvalue weighted by Gasteiger charge is -2.36. The molecule has 0 spiro atoms. The van der Waals surface area contributed by atoms with Crippen molar-refractivity contribution >= 4 is 17.5 Å². The minimum absolute atomic E-state index is 0.0233. The Morgan fingerprint density at radius 1 is 0.969 bits per heavy atom. The molecule has 2 heterocycles. The van der Waals surface area contributed by atoms with Crippen LogP contribution < -0.4 is 11.1 Å². The van der Waals surface area contributed by atoms with Gasteiger partial charge in [-0.3, -0.25) is 9.59 Å². The lowest BCUT2D eigenvalue weighted by molar-refractivity contribution is -0.135. The molecule has 0 radical (unpaired) electrons. The van der Waals surface area contributed by atoms with Gasteiger partial charge in [0.1, 0.15) is 0 Å². The van der Waals surface area contributed by atoms with E-state index in [1.165, 1.54) is 17.7 Å². The van der Waals surface area contributed by atoms with Crippen molar-refractivity contribution in [3.05, 3.63) is 53.6 Å². The number of amides is 2. The first kappa shape index (κ1) is 21.0. The summed E-state index contributed by atoms with van der Waals surface area (Å²) in [5.41, 5.74) is 11.0. The Morgan fingerprint density at radius 2 is 1.62 bits per heavy atom. The molecule has 2 fully saturated rings. The summed E-state index contributed by atoms with van der Waals surface area (Å²) in [6.07, 6.45) is 3.85. The molecule has 1 aliphatic carbocycles. The maximum atomic E-state index is 13.0. The van der Waals surface area contributed by atoms with Gasteiger partial charge in [-0.25, -0.2) is 0 Å². The van der Waals surface area contributed by atoms with Crippen LogP contribution in [0.5, 0.6) is 0 Å². The number of nitrogens with two attached hydrogens (primary N) is 1. The van der Waals surface area contributed by atoms with Gasteiger partial charge in [-0.2, -0.15) is 0 Å². The molecule has 0 aromatic heterocycles. The number of rotatable bonds is 3. The van der Waals surface area contributed by atoms with E-state index in [9.17, 15) is 9.59 Å². The molecule has 5 rings (SSSR count). The summed E-state index contributed by atoms with van der Waals surface area (Å²) in [5, 5.41) is 3.57. The van der Waals surface area contributed by atoms with Crippen LogP contribution in [0.15, 0.2) is 42.5 Å². The minimum atomic E-state index is -0.633. The predicted molar refractivity (Wildman–Crippen MR) is 126 cm³/mol. The van der Waals surface area contributed by atoms with Gasteiger partial charge in [0.2, 0.25) is 5.91 Å². The van der Waals surface area contributed by atoms with Crippen molar-refractivity contribution < 1.29 is 9.59 Å². The maximum absolute atomic E-state index is 13.0. The van der Waals surface area contributed by atoms with Crippen LogP contribution in [0.25, 0.3) is 11.1 Å². The fourth-order valence-electron chi connectivity index (χ4n) is 4.79. The Hall–Kier alpha value is -2.86. The number of anilines is 1. The van der Waals surface area contributed by atoms with E-state index in [-0.39, 0.29) is 11.8 Å². The summed E-state index contributed by atoms with van der Waals surface area (Å²) < 4.78 is 0. The van der Waals surface area contributed by atoms with Gasteiger partial charge in [-0.05, 0) is 66.5 Å². The van der Waals surface area contributed by atoms with Crippen molar-refractivity contribution in [2.45, 2.75) is 38.1 Å². The molecule has 2 amide bonds. The number of hydrogen-bond acceptors (Lipinski definition) is 4. The van der Waals surface area contributed by atoms with Crippen molar-refractivity contribution in [3.63, 3.8) is 0 Å². The smallest absolute Gasteiger partial charge is 0.253 e. The zero-order valence-electron chi connectivity index (χ0n) is 18.8. The van der Waals surface area contributed by atoms with Crippen LogP contribution in [0.4, 0.5) is 5.69 Å². The third kappa shape index (κ3) is 4.11. The average molecular weight is 433 g/mol. The van der Waals surface area contributed by atoms with E-state index in [2.05, 4.69) is 30.4 Å². The molecule has 1 saturated carbocycles. The van der Waals surface area contributed by atoms with Crippen molar-refractivity contribution in [2.24, 2.45) is 11.7 Å². The number of benzene rings is 2. The number of carbonyl (C=O) groups is 2. The summed E-state index contributed by atoms with van der Waals surface area (Å²) >= 11 is 0. The SMILES string of the molecule is CC1CCNc2cc(-c3ccc(C(=O)N4CCN(C(=O)C5(N)CC5)CC4)cc3)ccc2C1. The normalized spacial score (nSPS) is 21.9. The second kappa shape index (κ2) is 8.24. The fourth-order valence-corrected chi connectivity index (χ4v) is 4.79. The van der Waals surface area contributed by atoms with Gasteiger partial charge >= 0.3 is 0 Å². The van der Waals surface area contributed by atoms with Crippen LogP contribution in [0, 0.1) is 5.92 Å². The molecule has 3 N–H and O–H groups in total. The second-order valence-electron chi connectivity index (χ2n) is 9.71. The molecule has 6 heteroatoms. The first-order chi connectivity index (χ1) is 15.4. The molecule has 1 unspecified atom stereocenters.